The molecule has 0 aliphatic carbocycles. The van der Waals surface area contributed by atoms with Crippen LogP contribution in [0.4, 0.5) is 4.79 Å². The number of likely N-dealkylation sites (tertiary alicyclic amines) is 2. The minimum Gasteiger partial charge on any atom is -0.394 e. The fourth-order valence-corrected chi connectivity index (χ4v) is 13.9. The highest BCUT2D eigenvalue weighted by atomic mass is 32.2. The molecule has 4 aliphatic heterocycles. The standard InChI is InChI=1S/C62H104N21O22PS/c1-29(2)22-36(54(94)78-38(27-105-106(102,103)104)60(100)83-21-11-14-41(83)56(96)74-33(12-9-19-68-61(66)67)52(92)77-37(26-84)55(95)71-31(5)51(91)75-35(50(65)90)23-44(64)86)76-57(97)40-13-10-20-82(40)59(99)32(6)72-58(98)48(30(3)4)80-53(93)34(17-18-43(63)85)73-47(89)25-70-46(88)24-69-45(87)16-8-7-15-42-49-39(28-107-42)79-62(101)81-49/h29-42,48-49,84H,7-28H2,1-6H3,(H2,63,85)(H2,64,86)(H2,65,90)(H,69,87)(H,70,88)(H,71,95)(H,72,98)(H,73,89)(H,74,96)(H,75,91)(H,76,97)(H,77,92)(H,78,94)(H,80,93)(H4,66,67,68)(H2,79,81,101)(H2,102,103,104)/t31-,32-,33-,34-,35-,36-,37-,38-,39-,40-,41-,42-,48-,49-/m0/s1. The Balaban J connectivity index is 1.40. The molecule has 0 aromatic carbocycles. The lowest BCUT2D eigenvalue weighted by Crippen LogP contribution is -2.61. The number of aliphatic hydroxyl groups excluding tert-OH is 1. The Hall–Kier alpha value is -9.52. The molecule has 0 radical (unpaired) electrons. The molecule has 0 aromatic rings. The van der Waals surface area contributed by atoms with Gasteiger partial charge in [0.05, 0.1) is 44.8 Å². The number of guanidine groups is 1. The van der Waals surface area contributed by atoms with Crippen LogP contribution in [-0.4, -0.2) is 267 Å². The average Bonchev–Trinajstić information content (AvgIpc) is 1.71. The largest absolute Gasteiger partial charge is 0.469 e. The summed E-state index contributed by atoms with van der Waals surface area (Å²) in [6, 6.07) is -16.9. The zero-order chi connectivity index (χ0) is 80.2. The molecule has 45 heteroatoms. The van der Waals surface area contributed by atoms with Gasteiger partial charge in [0.1, 0.15) is 66.5 Å². The number of fused-ring (bicyclic) bond motifs is 1. The van der Waals surface area contributed by atoms with Crippen LogP contribution in [0.2, 0.25) is 0 Å². The highest BCUT2D eigenvalue weighted by Gasteiger charge is 2.45. The number of aliphatic hydroxyl groups is 1. The zero-order valence-electron chi connectivity index (χ0n) is 60.5. The van der Waals surface area contributed by atoms with E-state index in [-0.39, 0.29) is 113 Å². The summed E-state index contributed by atoms with van der Waals surface area (Å²) in [6.07, 6.45) is 0.720. The van der Waals surface area contributed by atoms with Crippen molar-refractivity contribution < 1.29 is 105 Å². The van der Waals surface area contributed by atoms with Crippen LogP contribution in [0.1, 0.15) is 131 Å². The van der Waals surface area contributed by atoms with E-state index in [1.54, 1.807) is 39.5 Å². The topological polar surface area (TPSA) is 683 Å². The number of carbonyl (C=O) groups excluding carboxylic acids is 17. The number of carbonyl (C=O) groups is 17. The molecule has 43 nitrogen and oxygen atoms in total. The molecule has 18 amide bonds. The SMILES string of the molecule is CC(C)C[C@H](NC(=O)[C@@H]1CCCN1C(=O)[C@H](C)NC(=O)[C@@H](NC(=O)[C@H](CCC(N)=O)NC(=O)CNC(=O)CNC(=O)CCCC[C@@H]1SC[C@@H]2NC(=O)N[C@@H]21)C(C)C)C(=O)N[C@@H](COP(=O)(O)O)C(=O)N1CCC[C@H]1C(=O)N[C@@H](CCCN=C(N)N)C(=O)N[C@@H](CO)C(=O)N[C@@H](C)C(=O)N[C@@H](CC(N)=O)C(N)=O. The molecule has 107 heavy (non-hydrogen) atoms. The van der Waals surface area contributed by atoms with E-state index in [2.05, 4.69) is 74.1 Å². The van der Waals surface area contributed by atoms with Gasteiger partial charge in [-0.3, -0.25) is 86.2 Å². The van der Waals surface area contributed by atoms with E-state index in [1.807, 2.05) is 0 Å². The second kappa shape index (κ2) is 43.3. The molecule has 0 unspecified atom stereocenters. The number of amides is 18. The summed E-state index contributed by atoms with van der Waals surface area (Å²) >= 11 is 1.75. The Kier molecular flexibility index (Phi) is 36.4. The van der Waals surface area contributed by atoms with Crippen LogP contribution in [0.3, 0.4) is 0 Å². The number of primary amides is 3. The molecule has 0 saturated carbocycles. The Morgan fingerprint density at radius 1 is 0.589 bits per heavy atom. The minimum atomic E-state index is -5.41. The summed E-state index contributed by atoms with van der Waals surface area (Å²) in [5.74, 6) is -15.4. The first-order valence-corrected chi connectivity index (χ1v) is 37.6. The Morgan fingerprint density at radius 2 is 1.14 bits per heavy atom. The van der Waals surface area contributed by atoms with Gasteiger partial charge in [-0.25, -0.2) is 9.36 Å². The van der Waals surface area contributed by atoms with Crippen molar-refractivity contribution in [3.63, 3.8) is 0 Å². The van der Waals surface area contributed by atoms with Crippen molar-refractivity contribution in [1.29, 1.82) is 0 Å². The molecule has 26 N–H and O–H groups in total. The molecule has 0 bridgehead atoms. The van der Waals surface area contributed by atoms with E-state index >= 15 is 0 Å². The van der Waals surface area contributed by atoms with Crippen LogP contribution in [0.25, 0.3) is 0 Å². The van der Waals surface area contributed by atoms with Crippen molar-refractivity contribution in [3.05, 3.63) is 0 Å². The first-order chi connectivity index (χ1) is 50.2. The van der Waals surface area contributed by atoms with Crippen molar-refractivity contribution in [1.82, 2.24) is 78.9 Å². The predicted molar refractivity (Wildman–Crippen MR) is 379 cm³/mol. The van der Waals surface area contributed by atoms with Gasteiger partial charge in [0.25, 0.3) is 0 Å². The average molecular weight is 1560 g/mol. The summed E-state index contributed by atoms with van der Waals surface area (Å²) < 4.78 is 16.8. The van der Waals surface area contributed by atoms with Gasteiger partial charge in [-0.15, -0.1) is 0 Å². The maximum atomic E-state index is 14.6. The van der Waals surface area contributed by atoms with Crippen LogP contribution >= 0.6 is 19.6 Å². The number of rotatable bonds is 45. The molecule has 0 aromatic heterocycles. The number of aliphatic imine (C=N–C) groups is 1. The van der Waals surface area contributed by atoms with Crippen LogP contribution in [0, 0.1) is 11.8 Å². The number of hydrogen-bond donors (Lipinski definition) is 21. The van der Waals surface area contributed by atoms with Gasteiger partial charge in [0, 0.05) is 43.5 Å². The van der Waals surface area contributed by atoms with E-state index in [4.69, 9.17) is 33.2 Å². The number of nitrogens with zero attached hydrogens (tertiary/aromatic N) is 3. The van der Waals surface area contributed by atoms with Crippen molar-refractivity contribution in [3.8, 4) is 0 Å². The molecule has 4 fully saturated rings. The normalized spacial score (nSPS) is 19.9. The quantitative estimate of drug-likeness (QED) is 0.00885. The first kappa shape index (κ1) is 89.9. The molecule has 14 atom stereocenters. The molecule has 0 spiro atoms. The summed E-state index contributed by atoms with van der Waals surface area (Å²) in [4.78, 5) is 250. The molecule has 4 aliphatic rings. The molecule has 4 rings (SSSR count). The highest BCUT2D eigenvalue weighted by molar-refractivity contribution is 8.00. The van der Waals surface area contributed by atoms with E-state index in [1.165, 1.54) is 6.92 Å². The number of hydrogen-bond acceptors (Lipinski definition) is 22. The van der Waals surface area contributed by atoms with Crippen LogP contribution < -0.4 is 97.8 Å². The second-order valence-corrected chi connectivity index (χ2v) is 29.6. The number of unbranched alkanes of at least 4 members (excludes halogenated alkanes) is 1. The fourth-order valence-electron chi connectivity index (χ4n) is 12.0. The zero-order valence-corrected chi connectivity index (χ0v) is 62.2. The lowest BCUT2D eigenvalue weighted by molar-refractivity contribution is -0.144. The Bertz CT molecular complexity index is 3330. The maximum absolute atomic E-state index is 14.6. The lowest BCUT2D eigenvalue weighted by atomic mass is 10.0. The molecular formula is C62H104N21O22PS. The number of nitrogens with two attached hydrogens (primary N) is 5. The van der Waals surface area contributed by atoms with Gasteiger partial charge in [-0.2, -0.15) is 11.8 Å². The van der Waals surface area contributed by atoms with Crippen molar-refractivity contribution in [2.45, 2.75) is 215 Å². The summed E-state index contributed by atoms with van der Waals surface area (Å²) in [5.41, 5.74) is 26.6. The van der Waals surface area contributed by atoms with Gasteiger partial charge < -0.3 is 122 Å². The first-order valence-electron chi connectivity index (χ1n) is 35.0. The summed E-state index contributed by atoms with van der Waals surface area (Å²) in [6.45, 7) is 5.25. The number of phosphoric ester groups is 1. The van der Waals surface area contributed by atoms with E-state index < -0.39 is 214 Å². The fraction of sp³-hybridized carbons (Fsp3) is 0.710. The van der Waals surface area contributed by atoms with E-state index in [0.717, 1.165) is 28.9 Å². The third-order valence-electron chi connectivity index (χ3n) is 17.5. The van der Waals surface area contributed by atoms with Crippen molar-refractivity contribution >= 4 is 126 Å². The molecular weight excluding hydrogens is 1450 g/mol. The molecule has 4 heterocycles. The molecule has 4 saturated heterocycles. The second-order valence-electron chi connectivity index (χ2n) is 27.0. The van der Waals surface area contributed by atoms with Gasteiger partial charge in [0.15, 0.2) is 5.96 Å². The third-order valence-corrected chi connectivity index (χ3v) is 19.5. The van der Waals surface area contributed by atoms with E-state index in [9.17, 15) is 101 Å². The number of urea groups is 1. The number of thioether (sulfide) groups is 1. The smallest absolute Gasteiger partial charge is 0.394 e. The summed E-state index contributed by atoms with van der Waals surface area (Å²) in [5, 5.41) is 42.6. The van der Waals surface area contributed by atoms with Crippen LogP contribution in [-0.2, 0) is 85.8 Å². The highest BCUT2D eigenvalue weighted by Crippen LogP contribution is 2.36. The monoisotopic (exact) mass is 1560 g/mol. The van der Waals surface area contributed by atoms with E-state index in [0.29, 0.717) is 12.8 Å². The Morgan fingerprint density at radius 3 is 1.72 bits per heavy atom. The van der Waals surface area contributed by atoms with Gasteiger partial charge in [-0.1, -0.05) is 34.1 Å². The maximum Gasteiger partial charge on any atom is 0.469 e. The number of phosphoric acid groups is 1. The van der Waals surface area contributed by atoms with Crippen molar-refractivity contribution in [2.24, 2.45) is 45.5 Å². The third kappa shape index (κ3) is 30.3. The Labute approximate surface area is 620 Å². The summed E-state index contributed by atoms with van der Waals surface area (Å²) in [7, 11) is -5.41. The predicted octanol–water partition coefficient (Wildman–Crippen LogP) is -9.19. The number of nitrogens with one attached hydrogen (secondary N) is 13. The van der Waals surface area contributed by atoms with Gasteiger partial charge in [-0.05, 0) is 89.9 Å². The van der Waals surface area contributed by atoms with Crippen LogP contribution in [0.15, 0.2) is 4.99 Å². The molecule has 600 valence electrons. The van der Waals surface area contributed by atoms with Gasteiger partial charge >= 0.3 is 13.9 Å². The lowest BCUT2D eigenvalue weighted by Gasteiger charge is -2.32. The van der Waals surface area contributed by atoms with Crippen molar-refractivity contribution in [2.75, 3.05) is 51.7 Å². The minimum absolute atomic E-state index is 0.00199. The van der Waals surface area contributed by atoms with Gasteiger partial charge in [0.2, 0.25) is 94.5 Å². The van der Waals surface area contributed by atoms with Crippen LogP contribution in [0.5, 0.6) is 0 Å².